The van der Waals surface area contributed by atoms with Crippen LogP contribution in [0.25, 0.3) is 11.3 Å². The zero-order valence-corrected chi connectivity index (χ0v) is 9.62. The third-order valence-electron chi connectivity index (χ3n) is 2.63. The minimum absolute atomic E-state index is 0.222. The number of rotatable bonds is 2. The van der Waals surface area contributed by atoms with Gasteiger partial charge >= 0.3 is 0 Å². The van der Waals surface area contributed by atoms with Gasteiger partial charge in [0.05, 0.1) is 11.6 Å². The molecule has 0 amide bonds. The molecule has 2 aromatic heterocycles. The first-order chi connectivity index (χ1) is 9.26. The van der Waals surface area contributed by atoms with Crippen LogP contribution in [0.5, 0.6) is 0 Å². The Bertz CT molecular complexity index is 843. The van der Waals surface area contributed by atoms with Gasteiger partial charge in [0, 0.05) is 6.42 Å². The molecule has 3 rings (SSSR count). The van der Waals surface area contributed by atoms with Gasteiger partial charge < -0.3 is 0 Å². The van der Waals surface area contributed by atoms with Crippen molar-refractivity contribution >= 4 is 11.3 Å². The van der Waals surface area contributed by atoms with E-state index in [1.807, 2.05) is 12.1 Å². The standard InChI is InChI=1S/C12H7N5O2/c13-6-8-3-1-2-7(4-8)5-9-12(18)15-11-10(14-9)16-19-17-11/h1-4H,5H2,(H,15,17,18). The minimum atomic E-state index is -0.342. The summed E-state index contributed by atoms with van der Waals surface area (Å²) in [5.74, 6) is 0. The molecule has 0 radical (unpaired) electrons. The monoisotopic (exact) mass is 253 g/mol. The minimum Gasteiger partial charge on any atom is -0.299 e. The molecule has 7 heteroatoms. The van der Waals surface area contributed by atoms with Crippen molar-refractivity contribution in [2.24, 2.45) is 0 Å². The van der Waals surface area contributed by atoms with Gasteiger partial charge in [-0.3, -0.25) is 9.78 Å². The molecule has 3 aromatic rings. The fraction of sp³-hybridized carbons (Fsp3) is 0.0833. The van der Waals surface area contributed by atoms with E-state index in [4.69, 9.17) is 5.26 Å². The number of hydrogen-bond donors (Lipinski definition) is 1. The van der Waals surface area contributed by atoms with E-state index < -0.39 is 0 Å². The number of hydrogen-bond acceptors (Lipinski definition) is 6. The molecule has 0 unspecified atom stereocenters. The van der Waals surface area contributed by atoms with Crippen LogP contribution in [-0.4, -0.2) is 20.3 Å². The Morgan fingerprint density at radius 1 is 1.37 bits per heavy atom. The Kier molecular flexibility index (Phi) is 2.54. The van der Waals surface area contributed by atoms with E-state index in [9.17, 15) is 4.79 Å². The van der Waals surface area contributed by atoms with Crippen molar-refractivity contribution in [2.45, 2.75) is 6.42 Å². The Balaban J connectivity index is 2.02. The first kappa shape index (κ1) is 11.1. The Morgan fingerprint density at radius 3 is 3.11 bits per heavy atom. The van der Waals surface area contributed by atoms with Crippen molar-refractivity contribution in [3.8, 4) is 6.07 Å². The van der Waals surface area contributed by atoms with E-state index in [0.717, 1.165) is 5.56 Å². The van der Waals surface area contributed by atoms with Crippen LogP contribution in [0.4, 0.5) is 0 Å². The van der Waals surface area contributed by atoms with E-state index >= 15 is 0 Å². The molecule has 0 fully saturated rings. The number of aromatic nitrogens is 4. The van der Waals surface area contributed by atoms with Crippen LogP contribution < -0.4 is 5.56 Å². The van der Waals surface area contributed by atoms with Gasteiger partial charge in [-0.2, -0.15) is 5.26 Å². The lowest BCUT2D eigenvalue weighted by atomic mass is 10.1. The summed E-state index contributed by atoms with van der Waals surface area (Å²) < 4.78 is 4.49. The van der Waals surface area contributed by atoms with Gasteiger partial charge in [-0.25, -0.2) is 9.61 Å². The molecule has 0 aliphatic heterocycles. The molecule has 0 aliphatic rings. The van der Waals surface area contributed by atoms with Crippen LogP contribution in [-0.2, 0) is 6.42 Å². The number of aromatic amines is 1. The fourth-order valence-electron chi connectivity index (χ4n) is 1.76. The largest absolute Gasteiger partial charge is 0.299 e. The van der Waals surface area contributed by atoms with Crippen molar-refractivity contribution in [3.63, 3.8) is 0 Å². The zero-order valence-electron chi connectivity index (χ0n) is 9.62. The maximum absolute atomic E-state index is 11.8. The molecule has 2 heterocycles. The molecular formula is C12H7N5O2. The first-order valence-electron chi connectivity index (χ1n) is 5.47. The fourth-order valence-corrected chi connectivity index (χ4v) is 1.76. The Morgan fingerprint density at radius 2 is 2.26 bits per heavy atom. The zero-order chi connectivity index (χ0) is 13.2. The van der Waals surface area contributed by atoms with Crippen molar-refractivity contribution < 1.29 is 4.63 Å². The third-order valence-corrected chi connectivity index (χ3v) is 2.63. The van der Waals surface area contributed by atoms with E-state index in [1.165, 1.54) is 0 Å². The summed E-state index contributed by atoms with van der Waals surface area (Å²) in [5, 5.41) is 15.9. The van der Waals surface area contributed by atoms with Crippen molar-refractivity contribution in [3.05, 3.63) is 51.4 Å². The van der Waals surface area contributed by atoms with Crippen LogP contribution in [0, 0.1) is 11.3 Å². The van der Waals surface area contributed by atoms with Crippen molar-refractivity contribution in [1.29, 1.82) is 5.26 Å². The molecule has 0 bridgehead atoms. The number of H-pyrrole nitrogens is 1. The normalized spacial score (nSPS) is 10.5. The summed E-state index contributed by atoms with van der Waals surface area (Å²) in [6.07, 6.45) is 0.313. The highest BCUT2D eigenvalue weighted by atomic mass is 16.6. The maximum Gasteiger partial charge on any atom is 0.271 e. The topological polar surface area (TPSA) is 108 Å². The molecule has 7 nitrogen and oxygen atoms in total. The SMILES string of the molecule is N#Cc1cccc(Cc2nc3nonc3[nH]c2=O)c1. The van der Waals surface area contributed by atoms with Crippen molar-refractivity contribution in [1.82, 2.24) is 20.3 Å². The highest BCUT2D eigenvalue weighted by Gasteiger charge is 2.09. The Labute approximate surface area is 106 Å². The number of benzene rings is 1. The molecular weight excluding hydrogens is 246 g/mol. The second kappa shape index (κ2) is 4.34. The Hall–Kier alpha value is -3.01. The number of nitrogens with one attached hydrogen (secondary N) is 1. The van der Waals surface area contributed by atoms with Crippen LogP contribution >= 0.6 is 0 Å². The third kappa shape index (κ3) is 2.07. The van der Waals surface area contributed by atoms with E-state index in [-0.39, 0.29) is 16.9 Å². The van der Waals surface area contributed by atoms with Crippen LogP contribution in [0.15, 0.2) is 33.7 Å². The quantitative estimate of drug-likeness (QED) is 0.722. The van der Waals surface area contributed by atoms with Gasteiger partial charge in [-0.05, 0) is 28.0 Å². The molecule has 0 saturated heterocycles. The summed E-state index contributed by atoms with van der Waals surface area (Å²) in [6, 6.07) is 9.05. The first-order valence-corrected chi connectivity index (χ1v) is 5.47. The lowest BCUT2D eigenvalue weighted by Crippen LogP contribution is -2.15. The maximum atomic E-state index is 11.8. The molecule has 1 N–H and O–H groups in total. The average molecular weight is 253 g/mol. The van der Waals surface area contributed by atoms with Crippen molar-refractivity contribution in [2.75, 3.05) is 0 Å². The predicted molar refractivity (Wildman–Crippen MR) is 64.2 cm³/mol. The number of fused-ring (bicyclic) bond motifs is 1. The second-order valence-electron chi connectivity index (χ2n) is 3.94. The highest BCUT2D eigenvalue weighted by molar-refractivity contribution is 5.62. The highest BCUT2D eigenvalue weighted by Crippen LogP contribution is 2.08. The van der Waals surface area contributed by atoms with Gasteiger partial charge in [0.15, 0.2) is 0 Å². The summed E-state index contributed by atoms with van der Waals surface area (Å²) in [4.78, 5) is 18.4. The van der Waals surface area contributed by atoms with Crippen LogP contribution in [0.1, 0.15) is 16.8 Å². The molecule has 92 valence electrons. The second-order valence-corrected chi connectivity index (χ2v) is 3.94. The summed E-state index contributed by atoms with van der Waals surface area (Å²) in [6.45, 7) is 0. The summed E-state index contributed by atoms with van der Waals surface area (Å²) in [7, 11) is 0. The summed E-state index contributed by atoms with van der Waals surface area (Å²) in [5.41, 5.74) is 1.81. The van der Waals surface area contributed by atoms with Crippen LogP contribution in [0.2, 0.25) is 0 Å². The van der Waals surface area contributed by atoms with Gasteiger partial charge in [0.1, 0.15) is 5.69 Å². The number of nitrogens with zero attached hydrogens (tertiary/aromatic N) is 4. The van der Waals surface area contributed by atoms with Gasteiger partial charge in [-0.1, -0.05) is 12.1 Å². The molecule has 1 aromatic carbocycles. The lowest BCUT2D eigenvalue weighted by Gasteiger charge is -2.00. The average Bonchev–Trinajstić information content (AvgIpc) is 2.86. The molecule has 19 heavy (non-hydrogen) atoms. The molecule has 0 atom stereocenters. The molecule has 0 aliphatic carbocycles. The van der Waals surface area contributed by atoms with Gasteiger partial charge in [0.2, 0.25) is 11.3 Å². The molecule has 0 saturated carbocycles. The predicted octanol–water partition coefficient (Wildman–Crippen LogP) is 0.769. The van der Waals surface area contributed by atoms with Gasteiger partial charge in [0.25, 0.3) is 5.56 Å². The molecule has 0 spiro atoms. The number of nitriles is 1. The van der Waals surface area contributed by atoms with Gasteiger partial charge in [-0.15, -0.1) is 0 Å². The van der Waals surface area contributed by atoms with E-state index in [1.54, 1.807) is 18.2 Å². The van der Waals surface area contributed by atoms with E-state index in [0.29, 0.717) is 17.7 Å². The van der Waals surface area contributed by atoms with Crippen LogP contribution in [0.3, 0.4) is 0 Å². The summed E-state index contributed by atoms with van der Waals surface area (Å²) >= 11 is 0. The lowest BCUT2D eigenvalue weighted by molar-refractivity contribution is 0.314. The smallest absolute Gasteiger partial charge is 0.271 e. The van der Waals surface area contributed by atoms with E-state index in [2.05, 4.69) is 24.9 Å².